The Hall–Kier alpha value is -2.70. The molecule has 13 nitrogen and oxygen atoms in total. The van der Waals surface area contributed by atoms with Crippen LogP contribution in [0.1, 0.15) is 51.7 Å². The number of amides is 1. The molecule has 0 aromatic carbocycles. The van der Waals surface area contributed by atoms with Crippen LogP contribution < -0.4 is 11.0 Å². The average Bonchev–Trinajstić information content (AvgIpc) is 2.99. The molecule has 4 N–H and O–H groups in total. The van der Waals surface area contributed by atoms with Crippen LogP contribution in [-0.2, 0) is 9.47 Å². The van der Waals surface area contributed by atoms with Crippen molar-refractivity contribution in [3.63, 3.8) is 0 Å². The summed E-state index contributed by atoms with van der Waals surface area (Å²) < 4.78 is 11.2. The summed E-state index contributed by atoms with van der Waals surface area (Å²) in [5.41, 5.74) is 5.57. The van der Waals surface area contributed by atoms with Gasteiger partial charge in [-0.25, -0.2) is 9.59 Å². The topological polar surface area (TPSA) is 192 Å². The van der Waals surface area contributed by atoms with E-state index in [9.17, 15) is 24.9 Å². The van der Waals surface area contributed by atoms with Crippen LogP contribution in [0.3, 0.4) is 0 Å². The summed E-state index contributed by atoms with van der Waals surface area (Å²) in [5, 5.41) is 35.3. The smallest absolute Gasteiger partial charge is 0.412 e. The molecule has 4 atom stereocenters. The molecule has 1 amide bonds. The third kappa shape index (κ3) is 6.15. The normalized spacial score (nSPS) is 25.1. The minimum absolute atomic E-state index is 0.0781. The van der Waals surface area contributed by atoms with Gasteiger partial charge in [-0.3, -0.25) is 9.88 Å². The van der Waals surface area contributed by atoms with Crippen LogP contribution in [0.15, 0.2) is 22.2 Å². The van der Waals surface area contributed by atoms with Crippen molar-refractivity contribution < 1.29 is 29.6 Å². The fraction of sp³-hybridized carbons (Fsp3) is 0.722. The lowest BCUT2D eigenvalue weighted by Gasteiger charge is -2.23. The first-order valence-corrected chi connectivity index (χ1v) is 10.1. The molecule has 0 aliphatic carbocycles. The summed E-state index contributed by atoms with van der Waals surface area (Å²) in [7, 11) is 0. The third-order valence-electron chi connectivity index (χ3n) is 4.91. The van der Waals surface area contributed by atoms with Gasteiger partial charge in [0.15, 0.2) is 6.23 Å². The molecule has 1 saturated heterocycles. The molecule has 1 fully saturated rings. The number of hydrogen-bond acceptors (Lipinski definition) is 9. The Morgan fingerprint density at radius 3 is 2.74 bits per heavy atom. The molecule has 172 valence electrons. The summed E-state index contributed by atoms with van der Waals surface area (Å²) in [6.45, 7) is 1.47. The van der Waals surface area contributed by atoms with E-state index in [1.165, 1.54) is 18.7 Å². The second-order valence-corrected chi connectivity index (χ2v) is 7.17. The molecule has 0 unspecified atom stereocenters. The van der Waals surface area contributed by atoms with Crippen LogP contribution in [-0.4, -0.2) is 62.1 Å². The summed E-state index contributed by atoms with van der Waals surface area (Å²) in [4.78, 5) is 30.3. The molecule has 0 radical (unpaired) electrons. The number of carbonyl (C=O) groups is 1. The Bertz CT molecular complexity index is 843. The van der Waals surface area contributed by atoms with Crippen molar-refractivity contribution in [2.45, 2.75) is 69.6 Å². The Morgan fingerprint density at radius 2 is 2.10 bits per heavy atom. The molecule has 2 heterocycles. The number of nitrogens with one attached hydrogen (secondary N) is 1. The van der Waals surface area contributed by atoms with E-state index >= 15 is 0 Å². The van der Waals surface area contributed by atoms with Gasteiger partial charge in [0.2, 0.25) is 5.72 Å². The molecule has 0 spiro atoms. The molecular weight excluding hydrogens is 412 g/mol. The minimum atomic E-state index is -2.14. The van der Waals surface area contributed by atoms with Crippen molar-refractivity contribution in [1.29, 1.82) is 0 Å². The van der Waals surface area contributed by atoms with Crippen molar-refractivity contribution in [2.75, 3.05) is 18.5 Å². The SMILES string of the molecule is CCCCCCCCOC(=O)Nc1ccn([C@@H]2O[C@@](CO)(N=[N+]=[N-])[C@@H](O)[C@@H]2O)c(=O)n1. The van der Waals surface area contributed by atoms with E-state index in [4.69, 9.17) is 15.0 Å². The van der Waals surface area contributed by atoms with Crippen LogP contribution in [0, 0.1) is 0 Å². The highest BCUT2D eigenvalue weighted by molar-refractivity contribution is 5.83. The van der Waals surface area contributed by atoms with E-state index in [1.807, 2.05) is 0 Å². The lowest BCUT2D eigenvalue weighted by molar-refractivity contribution is -0.125. The summed E-state index contributed by atoms with van der Waals surface area (Å²) >= 11 is 0. The first-order valence-electron chi connectivity index (χ1n) is 10.1. The zero-order chi connectivity index (χ0) is 22.9. The molecule has 13 heteroatoms. The van der Waals surface area contributed by atoms with Crippen molar-refractivity contribution in [1.82, 2.24) is 9.55 Å². The number of nitrogens with zero attached hydrogens (tertiary/aromatic N) is 5. The van der Waals surface area contributed by atoms with Gasteiger partial charge in [-0.05, 0) is 18.0 Å². The number of rotatable bonds is 11. The van der Waals surface area contributed by atoms with Crippen LogP contribution in [0.5, 0.6) is 0 Å². The van der Waals surface area contributed by atoms with E-state index in [0.717, 1.165) is 36.7 Å². The second kappa shape index (κ2) is 11.6. The van der Waals surface area contributed by atoms with E-state index in [-0.39, 0.29) is 12.4 Å². The van der Waals surface area contributed by atoms with E-state index < -0.39 is 42.6 Å². The quantitative estimate of drug-likeness (QED) is 0.172. The molecule has 0 bridgehead atoms. The van der Waals surface area contributed by atoms with Gasteiger partial charge in [-0.2, -0.15) is 4.98 Å². The highest BCUT2D eigenvalue weighted by Gasteiger charge is 2.54. The van der Waals surface area contributed by atoms with E-state index in [1.54, 1.807) is 0 Å². The van der Waals surface area contributed by atoms with Gasteiger partial charge >= 0.3 is 11.8 Å². The van der Waals surface area contributed by atoms with Crippen molar-refractivity contribution in [2.24, 2.45) is 5.11 Å². The highest BCUT2D eigenvalue weighted by Crippen LogP contribution is 2.37. The van der Waals surface area contributed by atoms with Gasteiger partial charge in [0.05, 0.1) is 13.2 Å². The second-order valence-electron chi connectivity index (χ2n) is 7.17. The maximum atomic E-state index is 12.3. The number of unbranched alkanes of at least 4 members (excludes halogenated alkanes) is 5. The van der Waals surface area contributed by atoms with Crippen LogP contribution in [0.25, 0.3) is 10.4 Å². The molecule has 2 rings (SSSR count). The number of carbonyl (C=O) groups excluding carboxylic acids is 1. The number of aliphatic hydroxyl groups excluding tert-OH is 3. The fourth-order valence-electron chi connectivity index (χ4n) is 3.18. The number of aromatic nitrogens is 2. The lowest BCUT2D eigenvalue weighted by atomic mass is 10.1. The van der Waals surface area contributed by atoms with Gasteiger partial charge in [0, 0.05) is 11.1 Å². The molecule has 0 saturated carbocycles. The number of hydrogen-bond donors (Lipinski definition) is 4. The fourth-order valence-corrected chi connectivity index (χ4v) is 3.18. The molecule has 1 aliphatic rings. The standard InChI is InChI=1S/C18H28N6O7/c1-2-3-4-5-6-7-10-30-17(29)21-12-8-9-24(16(28)20-12)15-13(26)14(27)18(11-25,31-15)22-23-19/h8-9,13-15,25-27H,2-7,10-11H2,1H3,(H,20,21,28,29)/t13-,14-,15+,18+/m0/s1. The first-order chi connectivity index (χ1) is 14.9. The minimum Gasteiger partial charge on any atom is -0.449 e. The summed E-state index contributed by atoms with van der Waals surface area (Å²) in [6.07, 6.45) is 1.77. The molecule has 31 heavy (non-hydrogen) atoms. The number of azide groups is 1. The summed E-state index contributed by atoms with van der Waals surface area (Å²) in [5.74, 6) is -0.0781. The molecule has 1 aliphatic heterocycles. The Balaban J connectivity index is 1.94. The Kier molecular flexibility index (Phi) is 9.21. The monoisotopic (exact) mass is 440 g/mol. The number of aliphatic hydroxyl groups is 3. The largest absolute Gasteiger partial charge is 0.449 e. The van der Waals surface area contributed by atoms with Gasteiger partial charge in [0.25, 0.3) is 0 Å². The third-order valence-corrected chi connectivity index (χ3v) is 4.91. The van der Waals surface area contributed by atoms with Crippen LogP contribution in [0.2, 0.25) is 0 Å². The van der Waals surface area contributed by atoms with E-state index in [0.29, 0.717) is 0 Å². The first kappa shape index (κ1) is 24.6. The molecular formula is C18H28N6O7. The maximum absolute atomic E-state index is 12.3. The van der Waals surface area contributed by atoms with Gasteiger partial charge < -0.3 is 24.8 Å². The van der Waals surface area contributed by atoms with Crippen molar-refractivity contribution >= 4 is 11.9 Å². The van der Waals surface area contributed by atoms with Crippen molar-refractivity contribution in [3.05, 3.63) is 33.2 Å². The van der Waals surface area contributed by atoms with Gasteiger partial charge in [-0.15, -0.1) is 0 Å². The zero-order valence-electron chi connectivity index (χ0n) is 17.3. The summed E-state index contributed by atoms with van der Waals surface area (Å²) in [6, 6.07) is 1.27. The van der Waals surface area contributed by atoms with Gasteiger partial charge in [-0.1, -0.05) is 44.1 Å². The molecule has 1 aromatic heterocycles. The van der Waals surface area contributed by atoms with Gasteiger partial charge in [0.1, 0.15) is 18.0 Å². The predicted molar refractivity (Wildman–Crippen MR) is 108 cm³/mol. The van der Waals surface area contributed by atoms with Crippen molar-refractivity contribution in [3.8, 4) is 0 Å². The molecule has 1 aromatic rings. The number of ether oxygens (including phenoxy) is 2. The average molecular weight is 440 g/mol. The zero-order valence-corrected chi connectivity index (χ0v) is 17.3. The van der Waals surface area contributed by atoms with Crippen LogP contribution >= 0.6 is 0 Å². The van der Waals surface area contributed by atoms with E-state index in [2.05, 4.69) is 27.3 Å². The Labute approximate surface area is 178 Å². The Morgan fingerprint density at radius 1 is 1.39 bits per heavy atom. The predicted octanol–water partition coefficient (Wildman–Crippen LogP) is 1.40. The van der Waals surface area contributed by atoms with Crippen LogP contribution in [0.4, 0.5) is 10.6 Å². The highest BCUT2D eigenvalue weighted by atomic mass is 16.6. The maximum Gasteiger partial charge on any atom is 0.412 e. The number of anilines is 1. The lowest BCUT2D eigenvalue weighted by Crippen LogP contribution is -2.44.